The van der Waals surface area contributed by atoms with Crippen molar-refractivity contribution in [2.24, 2.45) is 0 Å². The van der Waals surface area contributed by atoms with E-state index >= 15 is 0 Å². The van der Waals surface area contributed by atoms with Gasteiger partial charge in [0.2, 0.25) is 0 Å². The van der Waals surface area contributed by atoms with Gasteiger partial charge >= 0.3 is 23.0 Å². The van der Waals surface area contributed by atoms with Gasteiger partial charge in [-0.3, -0.25) is 4.79 Å². The molecule has 0 saturated heterocycles. The molecule has 0 unspecified atom stereocenters. The van der Waals surface area contributed by atoms with Gasteiger partial charge in [0.25, 0.3) is 0 Å². The van der Waals surface area contributed by atoms with E-state index in [4.69, 9.17) is 4.74 Å². The summed E-state index contributed by atoms with van der Waals surface area (Å²) < 4.78 is 4.75. The van der Waals surface area contributed by atoms with E-state index in [9.17, 15) is 4.79 Å². The topological polar surface area (TPSA) is 26.3 Å². The Morgan fingerprint density at radius 3 is 2.36 bits per heavy atom. The minimum atomic E-state index is -0.0593. The zero-order valence-corrected chi connectivity index (χ0v) is 8.10. The van der Waals surface area contributed by atoms with Crippen LogP contribution in [-0.2, 0) is 26.6 Å². The zero-order valence-electron chi connectivity index (χ0n) is 7.15. The Balaban J connectivity index is 0. The Morgan fingerprint density at radius 2 is 1.91 bits per heavy atom. The normalized spacial score (nSPS) is 8.55. The third-order valence-corrected chi connectivity index (χ3v) is 1.29. The van der Waals surface area contributed by atoms with E-state index in [1.54, 1.807) is 0 Å². The fourth-order valence-electron chi connectivity index (χ4n) is 0.752. The van der Waals surface area contributed by atoms with Gasteiger partial charge in [-0.25, -0.2) is 0 Å². The summed E-state index contributed by atoms with van der Waals surface area (Å²) in [6.07, 6.45) is 3.83. The number of rotatable bonds is 5. The predicted molar refractivity (Wildman–Crippen MR) is 40.8 cm³/mol. The second kappa shape index (κ2) is 9.99. The fourth-order valence-corrected chi connectivity index (χ4v) is 0.752. The Hall–Kier alpha value is -0.0105. The van der Waals surface area contributed by atoms with E-state index in [1.165, 1.54) is 0 Å². The monoisotopic (exact) mass is 207 g/mol. The molecule has 11 heavy (non-hydrogen) atoms. The van der Waals surface area contributed by atoms with Gasteiger partial charge in [-0.15, -0.1) is 0 Å². The predicted octanol–water partition coefficient (Wildman–Crippen LogP) is 2.13. The molecule has 0 saturated carbocycles. The molecule has 2 nitrogen and oxygen atoms in total. The number of unbranched alkanes of at least 4 members (excludes halogenated alkanes) is 2. The molecule has 0 aliphatic carbocycles. The molecule has 3 heteroatoms. The molecule has 0 aliphatic rings. The van der Waals surface area contributed by atoms with Crippen LogP contribution in [0.5, 0.6) is 0 Å². The van der Waals surface area contributed by atoms with Crippen molar-refractivity contribution in [1.82, 2.24) is 0 Å². The number of ether oxygens (including phenoxy) is 1. The third kappa shape index (κ3) is 9.99. The average molecular weight is 208 g/mol. The van der Waals surface area contributed by atoms with E-state index in [2.05, 4.69) is 6.92 Å². The van der Waals surface area contributed by atoms with Crippen LogP contribution in [0.1, 0.15) is 39.5 Å². The molecule has 1 radical (unpaired) electrons. The first-order valence-electron chi connectivity index (χ1n) is 3.96. The first kappa shape index (κ1) is 13.6. The van der Waals surface area contributed by atoms with Crippen molar-refractivity contribution in [3.05, 3.63) is 0 Å². The molecule has 0 atom stereocenters. The van der Waals surface area contributed by atoms with Crippen molar-refractivity contribution in [3.8, 4) is 0 Å². The summed E-state index contributed by atoms with van der Waals surface area (Å²) in [5.74, 6) is -0.0593. The van der Waals surface area contributed by atoms with Crippen LogP contribution >= 0.6 is 0 Å². The second-order valence-corrected chi connectivity index (χ2v) is 2.26. The quantitative estimate of drug-likeness (QED) is 0.392. The van der Waals surface area contributed by atoms with Gasteiger partial charge in [0, 0.05) is 6.42 Å². The molecule has 0 amide bonds. The Morgan fingerprint density at radius 1 is 1.27 bits per heavy atom. The Labute approximate surface area is 79.2 Å². The summed E-state index contributed by atoms with van der Waals surface area (Å²) in [6, 6.07) is 0. The first-order chi connectivity index (χ1) is 4.81. The van der Waals surface area contributed by atoms with Crippen LogP contribution in [0.2, 0.25) is 0 Å². The maximum absolute atomic E-state index is 10.7. The number of hydrogen-bond donors (Lipinski definition) is 0. The summed E-state index contributed by atoms with van der Waals surface area (Å²) >= 11 is 0. The van der Waals surface area contributed by atoms with Crippen LogP contribution in [0, 0.1) is 0 Å². The summed E-state index contributed by atoms with van der Waals surface area (Å²) in [4.78, 5) is 10.7. The molecule has 0 aromatic heterocycles. The average Bonchev–Trinajstić information content (AvgIpc) is 1.89. The number of carbonyl (C=O) groups excluding carboxylic acids is 1. The number of esters is 1. The SMILES string of the molecule is CCCCCC(=O)OCC.[Cu+2]. The van der Waals surface area contributed by atoms with Crippen molar-refractivity contribution in [2.75, 3.05) is 6.61 Å². The molecule has 0 rings (SSSR count). The molecule has 0 fully saturated rings. The van der Waals surface area contributed by atoms with Crippen molar-refractivity contribution < 1.29 is 26.6 Å². The molecular weight excluding hydrogens is 192 g/mol. The largest absolute Gasteiger partial charge is 2.00 e. The van der Waals surface area contributed by atoms with E-state index in [-0.39, 0.29) is 23.0 Å². The van der Waals surface area contributed by atoms with Crippen molar-refractivity contribution >= 4 is 5.97 Å². The molecule has 69 valence electrons. The summed E-state index contributed by atoms with van der Waals surface area (Å²) in [5, 5.41) is 0. The van der Waals surface area contributed by atoms with Crippen LogP contribution in [0.3, 0.4) is 0 Å². The molecule has 0 bridgehead atoms. The van der Waals surface area contributed by atoms with E-state index < -0.39 is 0 Å². The van der Waals surface area contributed by atoms with Gasteiger partial charge in [0.05, 0.1) is 6.61 Å². The zero-order chi connectivity index (χ0) is 7.82. The first-order valence-corrected chi connectivity index (χ1v) is 3.96. The van der Waals surface area contributed by atoms with Crippen molar-refractivity contribution in [3.63, 3.8) is 0 Å². The van der Waals surface area contributed by atoms with Gasteiger partial charge in [-0.05, 0) is 13.3 Å². The van der Waals surface area contributed by atoms with Crippen LogP contribution < -0.4 is 0 Å². The van der Waals surface area contributed by atoms with Crippen LogP contribution in [0.25, 0.3) is 0 Å². The van der Waals surface area contributed by atoms with Crippen LogP contribution in [-0.4, -0.2) is 12.6 Å². The Kier molecular flexibility index (Phi) is 12.3. The van der Waals surface area contributed by atoms with Gasteiger partial charge < -0.3 is 4.74 Å². The van der Waals surface area contributed by atoms with E-state index in [0.29, 0.717) is 13.0 Å². The maximum atomic E-state index is 10.7. The fraction of sp³-hybridized carbons (Fsp3) is 0.875. The van der Waals surface area contributed by atoms with Gasteiger partial charge in [-0.1, -0.05) is 19.8 Å². The van der Waals surface area contributed by atoms with Crippen LogP contribution in [0.15, 0.2) is 0 Å². The van der Waals surface area contributed by atoms with Gasteiger partial charge in [0.1, 0.15) is 0 Å². The molecule has 0 spiro atoms. The molecule has 0 heterocycles. The minimum absolute atomic E-state index is 0. The van der Waals surface area contributed by atoms with Crippen molar-refractivity contribution in [1.29, 1.82) is 0 Å². The molecule has 0 N–H and O–H groups in total. The summed E-state index contributed by atoms with van der Waals surface area (Å²) in [6.45, 7) is 4.45. The minimum Gasteiger partial charge on any atom is -0.466 e. The molecular formula is C8H16CuO2+2. The van der Waals surface area contributed by atoms with Crippen molar-refractivity contribution in [2.45, 2.75) is 39.5 Å². The van der Waals surface area contributed by atoms with Crippen LogP contribution in [0.4, 0.5) is 0 Å². The summed E-state index contributed by atoms with van der Waals surface area (Å²) in [5.41, 5.74) is 0. The van der Waals surface area contributed by atoms with E-state index in [0.717, 1.165) is 19.3 Å². The Bertz CT molecular complexity index is 94.1. The summed E-state index contributed by atoms with van der Waals surface area (Å²) in [7, 11) is 0. The van der Waals surface area contributed by atoms with Gasteiger partial charge in [0.15, 0.2) is 0 Å². The smallest absolute Gasteiger partial charge is 0.466 e. The molecule has 0 aromatic rings. The number of carbonyl (C=O) groups is 1. The molecule has 0 aromatic carbocycles. The maximum Gasteiger partial charge on any atom is 2.00 e. The standard InChI is InChI=1S/C8H16O2.Cu/c1-3-5-6-7-8(9)10-4-2;/h3-7H2,1-2H3;/q;+2. The third-order valence-electron chi connectivity index (χ3n) is 1.29. The second-order valence-electron chi connectivity index (χ2n) is 2.26. The van der Waals surface area contributed by atoms with E-state index in [1.807, 2.05) is 6.92 Å². The number of hydrogen-bond acceptors (Lipinski definition) is 2. The van der Waals surface area contributed by atoms with Gasteiger partial charge in [-0.2, -0.15) is 0 Å². The molecule has 0 aliphatic heterocycles.